The molecule has 0 fully saturated rings. The minimum atomic E-state index is -3.85. The highest BCUT2D eigenvalue weighted by atomic mass is 32.2. The van der Waals surface area contributed by atoms with Crippen molar-refractivity contribution in [3.05, 3.63) is 32.4 Å². The minimum Gasteiger partial charge on any atom is -0.497 e. The standard InChI is InChI=1S/C7H6N2O7S/c1-17(15,16)4-2-5(8(11)12)7(10)6(3-4)9(13)14/h2-3,10H,1H3. The zero-order chi connectivity index (χ0) is 13.4. The molecule has 0 bridgehead atoms. The average molecular weight is 262 g/mol. The second-order valence-corrected chi connectivity index (χ2v) is 5.11. The molecule has 0 heterocycles. The van der Waals surface area contributed by atoms with Gasteiger partial charge < -0.3 is 5.11 Å². The van der Waals surface area contributed by atoms with Crippen LogP contribution in [0.3, 0.4) is 0 Å². The molecule has 0 aliphatic rings. The van der Waals surface area contributed by atoms with Gasteiger partial charge in [-0.2, -0.15) is 0 Å². The Labute approximate surface area is 94.5 Å². The van der Waals surface area contributed by atoms with Crippen LogP contribution >= 0.6 is 0 Å². The number of phenolic OH excluding ortho intramolecular Hbond substituents is 1. The first kappa shape index (κ1) is 12.8. The van der Waals surface area contributed by atoms with Crippen LogP contribution in [0.15, 0.2) is 17.0 Å². The van der Waals surface area contributed by atoms with E-state index in [-0.39, 0.29) is 0 Å². The molecule has 9 nitrogen and oxygen atoms in total. The zero-order valence-electron chi connectivity index (χ0n) is 8.35. The Hall–Kier alpha value is -2.23. The van der Waals surface area contributed by atoms with Gasteiger partial charge >= 0.3 is 11.4 Å². The summed E-state index contributed by atoms with van der Waals surface area (Å²) in [7, 11) is -3.85. The van der Waals surface area contributed by atoms with E-state index in [4.69, 9.17) is 0 Å². The Morgan fingerprint density at radius 2 is 1.47 bits per heavy atom. The molecule has 1 rings (SSSR count). The molecule has 1 N–H and O–H groups in total. The maximum absolute atomic E-state index is 11.2. The highest BCUT2D eigenvalue weighted by Gasteiger charge is 2.28. The molecule has 0 unspecified atom stereocenters. The molecular weight excluding hydrogens is 256 g/mol. The first-order valence-corrected chi connectivity index (χ1v) is 5.89. The van der Waals surface area contributed by atoms with E-state index in [9.17, 15) is 33.8 Å². The number of nitrogens with zero attached hydrogens (tertiary/aromatic N) is 2. The number of rotatable bonds is 3. The van der Waals surface area contributed by atoms with E-state index in [2.05, 4.69) is 0 Å². The van der Waals surface area contributed by atoms with Crippen LogP contribution in [0.1, 0.15) is 0 Å². The lowest BCUT2D eigenvalue weighted by atomic mass is 10.2. The summed E-state index contributed by atoms with van der Waals surface area (Å²) < 4.78 is 22.3. The van der Waals surface area contributed by atoms with Crippen LogP contribution in [0.5, 0.6) is 5.75 Å². The number of sulfone groups is 1. The Bertz CT molecular complexity index is 572. The monoisotopic (exact) mass is 262 g/mol. The zero-order valence-corrected chi connectivity index (χ0v) is 9.17. The first-order valence-electron chi connectivity index (χ1n) is 4.00. The van der Waals surface area contributed by atoms with Crippen molar-refractivity contribution in [1.82, 2.24) is 0 Å². The molecule has 0 amide bonds. The Kier molecular flexibility index (Phi) is 3.00. The first-order chi connectivity index (χ1) is 7.64. The fourth-order valence-corrected chi connectivity index (χ4v) is 1.72. The molecule has 0 radical (unpaired) electrons. The van der Waals surface area contributed by atoms with E-state index < -0.39 is 41.7 Å². The molecular formula is C7H6N2O7S. The molecule has 0 atom stereocenters. The number of hydrogen-bond acceptors (Lipinski definition) is 7. The number of nitro groups is 2. The summed E-state index contributed by atoms with van der Waals surface area (Å²) in [6.45, 7) is 0. The lowest BCUT2D eigenvalue weighted by molar-refractivity contribution is -0.396. The van der Waals surface area contributed by atoms with Gasteiger partial charge in [0.05, 0.1) is 14.7 Å². The molecule has 1 aromatic rings. The van der Waals surface area contributed by atoms with Crippen LogP contribution < -0.4 is 0 Å². The third kappa shape index (κ3) is 2.47. The Balaban J connectivity index is 3.71. The molecule has 0 aliphatic carbocycles. The van der Waals surface area contributed by atoms with Crippen molar-refractivity contribution in [3.63, 3.8) is 0 Å². The number of benzene rings is 1. The van der Waals surface area contributed by atoms with Gasteiger partial charge in [-0.3, -0.25) is 20.2 Å². The second kappa shape index (κ2) is 3.97. The number of aromatic hydroxyl groups is 1. The van der Waals surface area contributed by atoms with Gasteiger partial charge in [-0.25, -0.2) is 8.42 Å². The Morgan fingerprint density at radius 3 is 1.71 bits per heavy atom. The lowest BCUT2D eigenvalue weighted by Crippen LogP contribution is -2.01. The van der Waals surface area contributed by atoms with Crippen LogP contribution in [-0.2, 0) is 9.84 Å². The van der Waals surface area contributed by atoms with Crippen molar-refractivity contribution >= 4 is 21.2 Å². The van der Waals surface area contributed by atoms with Crippen LogP contribution in [0.2, 0.25) is 0 Å². The van der Waals surface area contributed by atoms with Gasteiger partial charge in [0.2, 0.25) is 0 Å². The van der Waals surface area contributed by atoms with Crippen molar-refractivity contribution in [2.24, 2.45) is 0 Å². The Morgan fingerprint density at radius 1 is 1.12 bits per heavy atom. The number of phenols is 1. The van der Waals surface area contributed by atoms with E-state index >= 15 is 0 Å². The summed E-state index contributed by atoms with van der Waals surface area (Å²) in [6, 6.07) is 1.13. The van der Waals surface area contributed by atoms with Crippen molar-refractivity contribution in [3.8, 4) is 5.75 Å². The summed E-state index contributed by atoms with van der Waals surface area (Å²) in [5, 5.41) is 30.2. The van der Waals surface area contributed by atoms with Gasteiger partial charge in [0.1, 0.15) is 0 Å². The summed E-state index contributed by atoms with van der Waals surface area (Å²) >= 11 is 0. The molecule has 0 saturated heterocycles. The molecule has 0 saturated carbocycles. The lowest BCUT2D eigenvalue weighted by Gasteiger charge is -2.01. The van der Waals surface area contributed by atoms with Gasteiger partial charge in [0.25, 0.3) is 5.75 Å². The van der Waals surface area contributed by atoms with Crippen LogP contribution in [0, 0.1) is 20.2 Å². The third-order valence-corrected chi connectivity index (χ3v) is 2.96. The van der Waals surface area contributed by atoms with Crippen LogP contribution in [0.25, 0.3) is 0 Å². The van der Waals surface area contributed by atoms with Crippen molar-refractivity contribution in [2.75, 3.05) is 6.26 Å². The SMILES string of the molecule is CS(=O)(=O)c1cc([N+](=O)[O-])c(O)c([N+](=O)[O-])c1. The van der Waals surface area contributed by atoms with Gasteiger partial charge in [0.15, 0.2) is 9.84 Å². The molecule has 0 aromatic heterocycles. The van der Waals surface area contributed by atoms with E-state index in [1.54, 1.807) is 0 Å². The summed E-state index contributed by atoms with van der Waals surface area (Å²) in [5.74, 6) is -1.17. The predicted molar refractivity (Wildman–Crippen MR) is 54.5 cm³/mol. The molecule has 1 aromatic carbocycles. The van der Waals surface area contributed by atoms with E-state index in [1.165, 1.54) is 0 Å². The smallest absolute Gasteiger partial charge is 0.319 e. The maximum atomic E-state index is 11.2. The van der Waals surface area contributed by atoms with Crippen LogP contribution in [-0.4, -0.2) is 29.6 Å². The molecule has 0 spiro atoms. The topological polar surface area (TPSA) is 141 Å². The van der Waals surface area contributed by atoms with Gasteiger partial charge in [-0.05, 0) is 0 Å². The number of hydrogen-bond donors (Lipinski definition) is 1. The van der Waals surface area contributed by atoms with Gasteiger partial charge in [-0.1, -0.05) is 0 Å². The molecule has 0 aliphatic heterocycles. The van der Waals surface area contributed by atoms with E-state index in [1.807, 2.05) is 0 Å². The largest absolute Gasteiger partial charge is 0.497 e. The fourth-order valence-electron chi connectivity index (χ4n) is 1.07. The molecule has 17 heavy (non-hydrogen) atoms. The van der Waals surface area contributed by atoms with Crippen molar-refractivity contribution in [2.45, 2.75) is 4.90 Å². The summed E-state index contributed by atoms with van der Waals surface area (Å²) in [4.78, 5) is 18.2. The second-order valence-electron chi connectivity index (χ2n) is 3.10. The van der Waals surface area contributed by atoms with Crippen LogP contribution in [0.4, 0.5) is 11.4 Å². The molecule has 92 valence electrons. The van der Waals surface area contributed by atoms with Gasteiger partial charge in [-0.15, -0.1) is 0 Å². The van der Waals surface area contributed by atoms with Crippen molar-refractivity contribution < 1.29 is 23.4 Å². The summed E-state index contributed by atoms with van der Waals surface area (Å²) in [6.07, 6.45) is 0.743. The van der Waals surface area contributed by atoms with E-state index in [0.29, 0.717) is 12.1 Å². The highest BCUT2D eigenvalue weighted by Crippen LogP contribution is 2.37. The number of nitro benzene ring substituents is 2. The highest BCUT2D eigenvalue weighted by molar-refractivity contribution is 7.90. The normalized spacial score (nSPS) is 11.1. The predicted octanol–water partition coefficient (Wildman–Crippen LogP) is 0.612. The quantitative estimate of drug-likeness (QED) is 0.621. The summed E-state index contributed by atoms with van der Waals surface area (Å²) in [5.41, 5.74) is -2.06. The van der Waals surface area contributed by atoms with Crippen molar-refractivity contribution in [1.29, 1.82) is 0 Å². The fraction of sp³-hybridized carbons (Fsp3) is 0.143. The van der Waals surface area contributed by atoms with E-state index in [0.717, 1.165) is 6.26 Å². The average Bonchev–Trinajstić information content (AvgIpc) is 2.14. The third-order valence-electron chi connectivity index (χ3n) is 1.86. The molecule has 10 heteroatoms. The minimum absolute atomic E-state index is 0.567. The van der Waals surface area contributed by atoms with Gasteiger partial charge in [0, 0.05) is 18.4 Å². The maximum Gasteiger partial charge on any atom is 0.319 e.